The van der Waals surface area contributed by atoms with Gasteiger partial charge in [-0.05, 0) is 30.1 Å². The van der Waals surface area contributed by atoms with E-state index in [0.29, 0.717) is 5.01 Å². The van der Waals surface area contributed by atoms with Crippen molar-refractivity contribution in [3.05, 3.63) is 29.3 Å². The first kappa shape index (κ1) is 9.76. The van der Waals surface area contributed by atoms with Crippen LogP contribution in [0.15, 0.2) is 24.3 Å². The van der Waals surface area contributed by atoms with Gasteiger partial charge in [0.1, 0.15) is 5.01 Å². The summed E-state index contributed by atoms with van der Waals surface area (Å²) in [4.78, 5) is 4.26. The molecule has 0 radical (unpaired) electrons. The molecule has 1 aromatic heterocycles. The Balaban J connectivity index is 2.50. The van der Waals surface area contributed by atoms with Crippen molar-refractivity contribution in [3.8, 4) is 0 Å². The third-order valence-electron chi connectivity index (χ3n) is 1.95. The fraction of sp³-hybridized carbons (Fsp3) is 0.222. The molecule has 0 aliphatic heterocycles. The quantitative estimate of drug-likeness (QED) is 0.738. The van der Waals surface area contributed by atoms with Gasteiger partial charge in [-0.1, -0.05) is 12.1 Å². The summed E-state index contributed by atoms with van der Waals surface area (Å²) in [6.45, 7) is 1.64. The lowest BCUT2D eigenvalue weighted by atomic mass is 10.3. The second-order valence-electron chi connectivity index (χ2n) is 2.92. The molecule has 2 unspecified atom stereocenters. The number of aromatic nitrogens is 1. The highest BCUT2D eigenvalue weighted by Gasteiger charge is 2.11. The molecule has 0 N–H and O–H groups in total. The summed E-state index contributed by atoms with van der Waals surface area (Å²) in [5.74, 6) is 0. The van der Waals surface area contributed by atoms with Gasteiger partial charge in [-0.15, -0.1) is 11.3 Å². The van der Waals surface area contributed by atoms with Crippen LogP contribution in [-0.4, -0.2) is 13.7 Å². The number of para-hydroxylation sites is 1. The van der Waals surface area contributed by atoms with Crippen molar-refractivity contribution in [1.82, 2.24) is 4.98 Å². The van der Waals surface area contributed by atoms with E-state index in [9.17, 15) is 8.76 Å². The number of hydrogen-bond acceptors (Lipinski definition) is 4. The van der Waals surface area contributed by atoms with Crippen molar-refractivity contribution in [2.24, 2.45) is 0 Å². The Hall–Kier alpha value is -0.780. The van der Waals surface area contributed by atoms with E-state index in [-0.39, 0.29) is 0 Å². The van der Waals surface area contributed by atoms with Crippen LogP contribution in [0.1, 0.15) is 17.2 Å². The first-order valence-electron chi connectivity index (χ1n) is 4.12. The Labute approximate surface area is 88.1 Å². The third kappa shape index (κ3) is 1.70. The summed E-state index contributed by atoms with van der Waals surface area (Å²) >= 11 is -0.661. The molecule has 2 aromatic rings. The molecule has 0 bridgehead atoms. The fourth-order valence-electron chi connectivity index (χ4n) is 1.15. The van der Waals surface area contributed by atoms with Crippen LogP contribution < -0.4 is 0 Å². The number of thiazole rings is 1. The molecule has 0 spiro atoms. The Morgan fingerprint density at radius 3 is 2.86 bits per heavy atom. The van der Waals surface area contributed by atoms with Crippen molar-refractivity contribution in [2.45, 2.75) is 12.2 Å². The van der Waals surface area contributed by atoms with Crippen LogP contribution in [-0.2, 0) is 11.1 Å². The van der Waals surface area contributed by atoms with Gasteiger partial charge in [-0.25, -0.2) is 4.98 Å². The van der Waals surface area contributed by atoms with E-state index in [4.69, 9.17) is 0 Å². The Morgan fingerprint density at radius 1 is 1.50 bits per heavy atom. The predicted octanol–water partition coefficient (Wildman–Crippen LogP) is 2.24. The van der Waals surface area contributed by atoms with Gasteiger partial charge in [0.2, 0.25) is 0 Å². The molecule has 5 heteroatoms. The highest BCUT2D eigenvalue weighted by Crippen LogP contribution is 2.28. The normalized spacial score (nSPS) is 15.6. The van der Waals surface area contributed by atoms with Crippen LogP contribution in [0.2, 0.25) is 0 Å². The lowest BCUT2D eigenvalue weighted by Gasteiger charge is -2.10. The van der Waals surface area contributed by atoms with Crippen molar-refractivity contribution < 1.29 is 8.76 Å². The number of benzene rings is 1. The van der Waals surface area contributed by atoms with Gasteiger partial charge in [-0.2, -0.15) is 0 Å². The maximum Gasteiger partial charge on any atom is 0.108 e. The number of nitrogens with zero attached hydrogens (tertiary/aromatic N) is 1. The summed E-state index contributed by atoms with van der Waals surface area (Å²) < 4.78 is 22.5. The second kappa shape index (κ2) is 3.76. The summed E-state index contributed by atoms with van der Waals surface area (Å²) in [6, 6.07) is 7.64. The smallest absolute Gasteiger partial charge is 0.108 e. The summed E-state index contributed by atoms with van der Waals surface area (Å²) in [7, 11) is 0. The Morgan fingerprint density at radius 2 is 2.21 bits per heavy atom. The lowest BCUT2D eigenvalue weighted by molar-refractivity contribution is 0.527. The van der Waals surface area contributed by atoms with Gasteiger partial charge < -0.3 is 4.55 Å². The molecule has 3 nitrogen and oxygen atoms in total. The highest BCUT2D eigenvalue weighted by atomic mass is 32.2. The van der Waals surface area contributed by atoms with Crippen LogP contribution in [0.4, 0.5) is 0 Å². The van der Waals surface area contributed by atoms with Crippen LogP contribution in [0, 0.1) is 0 Å². The summed E-state index contributed by atoms with van der Waals surface area (Å²) in [6.07, 6.45) is 0. The molecule has 0 saturated heterocycles. The average Bonchev–Trinajstić information content (AvgIpc) is 2.59. The van der Waals surface area contributed by atoms with E-state index < -0.39 is 16.3 Å². The predicted molar refractivity (Wildman–Crippen MR) is 57.0 cm³/mol. The molecule has 1 heterocycles. The zero-order valence-corrected chi connectivity index (χ0v) is 9.10. The van der Waals surface area contributed by atoms with E-state index in [1.165, 1.54) is 11.3 Å². The summed E-state index contributed by atoms with van der Waals surface area (Å²) in [5, 5.41) is 0.131. The molecule has 2 rings (SSSR count). The van der Waals surface area contributed by atoms with E-state index >= 15 is 0 Å². The molecular weight excluding hydrogens is 218 g/mol. The van der Waals surface area contributed by atoms with Crippen LogP contribution >= 0.6 is 11.3 Å². The molecule has 2 atom stereocenters. The molecule has 1 aromatic carbocycles. The second-order valence-corrected chi connectivity index (χ2v) is 5.21. The van der Waals surface area contributed by atoms with Gasteiger partial charge in [0.25, 0.3) is 0 Å². The first-order chi connectivity index (χ1) is 6.68. The van der Waals surface area contributed by atoms with E-state index in [1.807, 2.05) is 24.3 Å². The van der Waals surface area contributed by atoms with Crippen LogP contribution in [0.3, 0.4) is 0 Å². The van der Waals surface area contributed by atoms with Gasteiger partial charge in [0, 0.05) is 0 Å². The number of rotatable bonds is 2. The molecule has 74 valence electrons. The van der Waals surface area contributed by atoms with Gasteiger partial charge >= 0.3 is 0 Å². The zero-order chi connectivity index (χ0) is 10.1. The molecule has 0 saturated carbocycles. The van der Waals surface area contributed by atoms with Crippen molar-refractivity contribution in [2.75, 3.05) is 0 Å². The van der Waals surface area contributed by atoms with Gasteiger partial charge in [-0.3, -0.25) is 4.21 Å². The van der Waals surface area contributed by atoms with E-state index in [1.54, 1.807) is 6.92 Å². The van der Waals surface area contributed by atoms with Crippen molar-refractivity contribution in [3.63, 3.8) is 0 Å². The highest BCUT2D eigenvalue weighted by molar-refractivity contribution is 7.79. The molecular formula is C9H8NO2S2-. The Bertz CT molecular complexity index is 447. The molecule has 0 fully saturated rings. The molecule has 0 amide bonds. The maximum atomic E-state index is 10.7. The minimum atomic E-state index is -2.09. The summed E-state index contributed by atoms with van der Waals surface area (Å²) in [5.41, 5.74) is 0.866. The monoisotopic (exact) mass is 226 g/mol. The SMILES string of the molecule is CC(c1nc2ccccc2s1)S(=O)[O-]. The minimum Gasteiger partial charge on any atom is -0.772 e. The topological polar surface area (TPSA) is 53.0 Å². The van der Waals surface area contributed by atoms with Gasteiger partial charge in [0.15, 0.2) is 0 Å². The van der Waals surface area contributed by atoms with Gasteiger partial charge in [0.05, 0.1) is 15.5 Å². The maximum absolute atomic E-state index is 10.7. The molecule has 0 aliphatic rings. The third-order valence-corrected chi connectivity index (χ3v) is 4.12. The lowest BCUT2D eigenvalue weighted by Crippen LogP contribution is -1.99. The molecule has 14 heavy (non-hydrogen) atoms. The standard InChI is InChI=1S/C9H9NO2S2/c1-6(14(11)12)9-10-7-4-2-3-5-8(7)13-9/h2-6H,1H3,(H,11,12)/p-1. The largest absolute Gasteiger partial charge is 0.772 e. The average molecular weight is 226 g/mol. The number of fused-ring (bicyclic) bond motifs is 1. The van der Waals surface area contributed by atoms with Crippen LogP contribution in [0.5, 0.6) is 0 Å². The fourth-order valence-corrected chi connectivity index (χ4v) is 2.64. The van der Waals surface area contributed by atoms with E-state index in [2.05, 4.69) is 4.98 Å². The minimum absolute atomic E-state index is 0.521. The molecule has 0 aliphatic carbocycles. The Kier molecular flexibility index (Phi) is 2.62. The van der Waals surface area contributed by atoms with Crippen LogP contribution in [0.25, 0.3) is 10.2 Å². The number of hydrogen-bond donors (Lipinski definition) is 0. The van der Waals surface area contributed by atoms with Crippen molar-refractivity contribution in [1.29, 1.82) is 0 Å². The van der Waals surface area contributed by atoms with Crippen molar-refractivity contribution >= 4 is 32.6 Å². The van der Waals surface area contributed by atoms with E-state index in [0.717, 1.165) is 10.2 Å². The first-order valence-corrected chi connectivity index (χ1v) is 6.07. The zero-order valence-electron chi connectivity index (χ0n) is 7.47.